The fourth-order valence-corrected chi connectivity index (χ4v) is 4.21. The average molecular weight is 393 g/mol. The molecule has 29 heavy (non-hydrogen) atoms. The number of ether oxygens (including phenoxy) is 1. The second kappa shape index (κ2) is 6.70. The summed E-state index contributed by atoms with van der Waals surface area (Å²) >= 11 is 0. The molecule has 1 fully saturated rings. The summed E-state index contributed by atoms with van der Waals surface area (Å²) in [6.45, 7) is 0.445. The quantitative estimate of drug-likeness (QED) is 0.669. The Labute approximate surface area is 166 Å². The maximum absolute atomic E-state index is 13.5. The topological polar surface area (TPSA) is 77.7 Å². The van der Waals surface area contributed by atoms with E-state index in [1.54, 1.807) is 24.1 Å². The molecule has 2 aromatic carbocycles. The van der Waals surface area contributed by atoms with Crippen molar-refractivity contribution in [3.05, 3.63) is 71.2 Å². The van der Waals surface area contributed by atoms with Crippen LogP contribution in [0, 0.1) is 5.82 Å². The molecule has 0 unspecified atom stereocenters. The molecule has 1 saturated heterocycles. The average Bonchev–Trinajstić information content (AvgIpc) is 3.37. The largest absolute Gasteiger partial charge is 0.363 e. The molecule has 7 heteroatoms. The number of carbonyl (C=O) groups is 2. The Balaban J connectivity index is 1.42. The summed E-state index contributed by atoms with van der Waals surface area (Å²) in [6.07, 6.45) is 0.248. The van der Waals surface area contributed by atoms with Crippen molar-refractivity contribution < 1.29 is 18.7 Å². The Morgan fingerprint density at radius 1 is 1.21 bits per heavy atom. The van der Waals surface area contributed by atoms with Crippen LogP contribution in [0.25, 0.3) is 10.9 Å². The Bertz CT molecular complexity index is 1120. The van der Waals surface area contributed by atoms with E-state index in [0.717, 1.165) is 11.1 Å². The van der Waals surface area contributed by atoms with Crippen LogP contribution in [0.1, 0.15) is 27.7 Å². The van der Waals surface area contributed by atoms with Crippen LogP contribution < -0.4 is 5.32 Å². The zero-order chi connectivity index (χ0) is 20.1. The number of nitrogens with one attached hydrogen (secondary N) is 2. The monoisotopic (exact) mass is 393 g/mol. The van der Waals surface area contributed by atoms with E-state index in [-0.39, 0.29) is 35.8 Å². The third kappa shape index (κ3) is 3.17. The molecule has 1 aliphatic carbocycles. The first-order valence-corrected chi connectivity index (χ1v) is 9.56. The molecule has 1 aromatic heterocycles. The molecule has 148 valence electrons. The summed E-state index contributed by atoms with van der Waals surface area (Å²) in [6, 6.07) is 13.4. The van der Waals surface area contributed by atoms with Crippen molar-refractivity contribution in [1.29, 1.82) is 0 Å². The van der Waals surface area contributed by atoms with E-state index in [2.05, 4.69) is 10.3 Å². The molecule has 2 heterocycles. The highest BCUT2D eigenvalue weighted by Gasteiger charge is 2.42. The number of hydrogen-bond acceptors (Lipinski definition) is 3. The van der Waals surface area contributed by atoms with E-state index in [0.29, 0.717) is 29.6 Å². The van der Waals surface area contributed by atoms with Crippen LogP contribution >= 0.6 is 0 Å². The molecule has 0 bridgehead atoms. The molecule has 6 nitrogen and oxygen atoms in total. The standard InChI is InChI=1S/C22H20FN3O3/c1-26(22(28)19-11-29-19)20-15-5-3-2-4-12(15)9-17(20)25-21(27)18-10-13-8-14(23)6-7-16(13)24-18/h2-8,10,17,19-20,24H,9,11H2,1H3,(H,25,27)/t17-,19+,20+/m1/s1. The molecule has 2 amide bonds. The van der Waals surface area contributed by atoms with Gasteiger partial charge in [-0.3, -0.25) is 9.59 Å². The highest BCUT2D eigenvalue weighted by molar-refractivity contribution is 5.98. The van der Waals surface area contributed by atoms with E-state index in [1.807, 2.05) is 24.3 Å². The Morgan fingerprint density at radius 3 is 2.79 bits per heavy atom. The summed E-state index contributed by atoms with van der Waals surface area (Å²) in [7, 11) is 1.75. The maximum atomic E-state index is 13.5. The van der Waals surface area contributed by atoms with Gasteiger partial charge in [-0.25, -0.2) is 4.39 Å². The first-order chi connectivity index (χ1) is 14.0. The molecule has 3 aromatic rings. The first-order valence-electron chi connectivity index (χ1n) is 9.56. The Hall–Kier alpha value is -3.19. The third-order valence-corrected chi connectivity index (χ3v) is 5.71. The van der Waals surface area contributed by atoms with Gasteiger partial charge in [0.25, 0.3) is 11.8 Å². The van der Waals surface area contributed by atoms with Gasteiger partial charge in [0, 0.05) is 18.0 Å². The molecule has 2 aliphatic rings. The van der Waals surface area contributed by atoms with Gasteiger partial charge in [-0.1, -0.05) is 24.3 Å². The summed E-state index contributed by atoms with van der Waals surface area (Å²) in [4.78, 5) is 30.2. The van der Waals surface area contributed by atoms with Gasteiger partial charge in [0.2, 0.25) is 0 Å². The van der Waals surface area contributed by atoms with E-state index in [4.69, 9.17) is 4.74 Å². The van der Waals surface area contributed by atoms with Crippen molar-refractivity contribution in [3.63, 3.8) is 0 Å². The number of amides is 2. The molecule has 0 spiro atoms. The minimum Gasteiger partial charge on any atom is -0.363 e. The van der Waals surface area contributed by atoms with Gasteiger partial charge >= 0.3 is 0 Å². The first kappa shape index (κ1) is 17.9. The van der Waals surface area contributed by atoms with Gasteiger partial charge in [0.1, 0.15) is 11.5 Å². The predicted molar refractivity (Wildman–Crippen MR) is 105 cm³/mol. The van der Waals surface area contributed by atoms with Gasteiger partial charge in [-0.05, 0) is 41.8 Å². The molecule has 5 rings (SSSR count). The predicted octanol–water partition coefficient (Wildman–Crippen LogP) is 2.56. The summed E-state index contributed by atoms with van der Waals surface area (Å²) in [5.41, 5.74) is 3.20. The van der Waals surface area contributed by atoms with Gasteiger partial charge in [0.05, 0.1) is 18.7 Å². The van der Waals surface area contributed by atoms with Crippen LogP contribution in [0.15, 0.2) is 48.5 Å². The van der Waals surface area contributed by atoms with E-state index in [1.165, 1.54) is 12.1 Å². The van der Waals surface area contributed by atoms with Gasteiger partial charge in [0.15, 0.2) is 6.10 Å². The fraction of sp³-hybridized carbons (Fsp3) is 0.273. The Kier molecular flexibility index (Phi) is 4.13. The lowest BCUT2D eigenvalue weighted by Crippen LogP contribution is -2.46. The number of likely N-dealkylation sites (N-methyl/N-ethyl adjacent to an activating group) is 1. The molecule has 3 atom stereocenters. The van der Waals surface area contributed by atoms with Crippen molar-refractivity contribution in [2.75, 3.05) is 13.7 Å². The lowest BCUT2D eigenvalue weighted by Gasteiger charge is -2.30. The number of fused-ring (bicyclic) bond motifs is 2. The second-order valence-electron chi connectivity index (χ2n) is 7.61. The minimum absolute atomic E-state index is 0.0768. The number of hydrogen-bond donors (Lipinski definition) is 2. The Morgan fingerprint density at radius 2 is 2.00 bits per heavy atom. The number of benzene rings is 2. The number of nitrogens with zero attached hydrogens (tertiary/aromatic N) is 1. The lowest BCUT2D eigenvalue weighted by molar-refractivity contribution is -0.133. The van der Waals surface area contributed by atoms with Crippen LogP contribution in [0.2, 0.25) is 0 Å². The zero-order valence-electron chi connectivity index (χ0n) is 15.8. The summed E-state index contributed by atoms with van der Waals surface area (Å²) < 4.78 is 18.6. The van der Waals surface area contributed by atoms with Gasteiger partial charge in [-0.2, -0.15) is 0 Å². The molecular formula is C22H20FN3O3. The van der Waals surface area contributed by atoms with Gasteiger partial charge < -0.3 is 19.9 Å². The van der Waals surface area contributed by atoms with E-state index < -0.39 is 0 Å². The number of rotatable bonds is 4. The third-order valence-electron chi connectivity index (χ3n) is 5.71. The second-order valence-corrected chi connectivity index (χ2v) is 7.61. The van der Waals surface area contributed by atoms with Crippen LogP contribution in [0.3, 0.4) is 0 Å². The highest BCUT2D eigenvalue weighted by Crippen LogP contribution is 2.36. The van der Waals surface area contributed by atoms with Crippen molar-refractivity contribution >= 4 is 22.7 Å². The summed E-state index contributed by atoms with van der Waals surface area (Å²) in [5, 5.41) is 3.70. The number of aromatic amines is 1. The minimum atomic E-state index is -0.382. The normalized spacial score (nSPS) is 22.3. The SMILES string of the molecule is CN(C(=O)[C@@H]1CO1)[C@H]1c2ccccc2C[C@H]1NC(=O)c1cc2cc(F)ccc2[nH]1. The number of H-pyrrole nitrogens is 1. The van der Waals surface area contributed by atoms with Crippen LogP contribution in [0.4, 0.5) is 4.39 Å². The molecular weight excluding hydrogens is 373 g/mol. The number of halogens is 1. The van der Waals surface area contributed by atoms with Crippen LogP contribution in [0.5, 0.6) is 0 Å². The van der Waals surface area contributed by atoms with Crippen LogP contribution in [-0.4, -0.2) is 47.5 Å². The van der Waals surface area contributed by atoms with Crippen LogP contribution in [-0.2, 0) is 16.0 Å². The van der Waals surface area contributed by atoms with Crippen molar-refractivity contribution in [2.45, 2.75) is 24.6 Å². The molecule has 0 saturated carbocycles. The number of epoxide rings is 1. The van der Waals surface area contributed by atoms with E-state index >= 15 is 0 Å². The molecule has 1 aliphatic heterocycles. The van der Waals surface area contributed by atoms with Crippen molar-refractivity contribution in [1.82, 2.24) is 15.2 Å². The molecule has 2 N–H and O–H groups in total. The lowest BCUT2D eigenvalue weighted by atomic mass is 10.0. The maximum Gasteiger partial charge on any atom is 0.268 e. The van der Waals surface area contributed by atoms with Crippen molar-refractivity contribution in [3.8, 4) is 0 Å². The smallest absolute Gasteiger partial charge is 0.268 e. The number of aromatic nitrogens is 1. The van der Waals surface area contributed by atoms with Crippen molar-refractivity contribution in [2.24, 2.45) is 0 Å². The fourth-order valence-electron chi connectivity index (χ4n) is 4.21. The van der Waals surface area contributed by atoms with E-state index in [9.17, 15) is 14.0 Å². The summed E-state index contributed by atoms with van der Waals surface area (Å²) in [5.74, 6) is -0.711. The van der Waals surface area contributed by atoms with Gasteiger partial charge in [-0.15, -0.1) is 0 Å². The number of carbonyl (C=O) groups excluding carboxylic acids is 2. The highest BCUT2D eigenvalue weighted by atomic mass is 19.1. The zero-order valence-corrected chi connectivity index (χ0v) is 15.8. The molecule has 0 radical (unpaired) electrons.